The van der Waals surface area contributed by atoms with Gasteiger partial charge >= 0.3 is 0 Å². The number of aryl methyl sites for hydroxylation is 1. The Balaban J connectivity index is 1.53. The van der Waals surface area contributed by atoms with E-state index >= 15 is 0 Å². The van der Waals surface area contributed by atoms with Gasteiger partial charge in [-0.15, -0.1) is 0 Å². The van der Waals surface area contributed by atoms with Crippen LogP contribution in [0.15, 0.2) is 23.1 Å². The monoisotopic (exact) mass is 462 g/mol. The Hall–Kier alpha value is -3.17. The van der Waals surface area contributed by atoms with Crippen molar-refractivity contribution in [3.8, 4) is 0 Å². The van der Waals surface area contributed by atoms with Gasteiger partial charge in [-0.2, -0.15) is 4.98 Å². The zero-order chi connectivity index (χ0) is 24.0. The smallest absolute Gasteiger partial charge is 0.263 e. The standard InChI is InChI=1S/C25H30N6O3/c1-14-19-12-26-25(28-21-9-8-17-13-30(16(3)33)11-10-20(17)27-21)29-23(19)31(18-6-4-5-7-18)24(34)22(14)15(2)32/h8-9,12,16,18,33H,4-7,10-11,13H2,1-3H3,(H,26,27,28,29). The topological polar surface area (TPSA) is 113 Å². The second-order valence-electron chi connectivity index (χ2n) is 9.38. The van der Waals surface area contributed by atoms with Gasteiger partial charge in [0.25, 0.3) is 5.56 Å². The largest absolute Gasteiger partial charge is 0.379 e. The third kappa shape index (κ3) is 3.99. The molecule has 2 N–H and O–H groups in total. The molecule has 1 atom stereocenters. The highest BCUT2D eigenvalue weighted by molar-refractivity contribution is 5.99. The van der Waals surface area contributed by atoms with E-state index in [2.05, 4.69) is 10.3 Å². The lowest BCUT2D eigenvalue weighted by molar-refractivity contribution is 0.00876. The molecule has 178 valence electrons. The molecular weight excluding hydrogens is 432 g/mol. The number of carbonyl (C=O) groups excluding carboxylic acids is 1. The van der Waals surface area contributed by atoms with Gasteiger partial charge in [-0.25, -0.2) is 9.97 Å². The summed E-state index contributed by atoms with van der Waals surface area (Å²) in [7, 11) is 0. The Morgan fingerprint density at radius 2 is 2.00 bits per heavy atom. The van der Waals surface area contributed by atoms with Crippen LogP contribution in [0.2, 0.25) is 0 Å². The normalized spacial score (nSPS) is 17.6. The minimum absolute atomic E-state index is 0.0372. The molecule has 5 rings (SSSR count). The van der Waals surface area contributed by atoms with Crippen molar-refractivity contribution in [2.75, 3.05) is 11.9 Å². The first-order valence-corrected chi connectivity index (χ1v) is 11.9. The van der Waals surface area contributed by atoms with Gasteiger partial charge in [0.1, 0.15) is 17.7 Å². The maximum Gasteiger partial charge on any atom is 0.263 e. The van der Waals surface area contributed by atoms with Crippen LogP contribution in [0.25, 0.3) is 11.0 Å². The number of rotatable bonds is 5. The summed E-state index contributed by atoms with van der Waals surface area (Å²) < 4.78 is 1.71. The number of Topliss-reactive ketones (excluding diaryl/α,β-unsaturated/α-hetero) is 1. The van der Waals surface area contributed by atoms with Crippen molar-refractivity contribution in [3.05, 3.63) is 51.1 Å². The second kappa shape index (κ2) is 8.88. The molecule has 9 nitrogen and oxygen atoms in total. The number of pyridine rings is 2. The summed E-state index contributed by atoms with van der Waals surface area (Å²) in [4.78, 5) is 41.6. The summed E-state index contributed by atoms with van der Waals surface area (Å²) in [6, 6.07) is 3.93. The van der Waals surface area contributed by atoms with Crippen LogP contribution >= 0.6 is 0 Å². The first-order valence-electron chi connectivity index (χ1n) is 11.9. The lowest BCUT2D eigenvalue weighted by Crippen LogP contribution is -2.37. The van der Waals surface area contributed by atoms with Crippen LogP contribution in [0.3, 0.4) is 0 Å². The van der Waals surface area contributed by atoms with Crippen LogP contribution in [0.4, 0.5) is 11.8 Å². The number of aliphatic hydroxyl groups excluding tert-OH is 1. The van der Waals surface area contributed by atoms with Crippen LogP contribution in [0.5, 0.6) is 0 Å². The Bertz CT molecular complexity index is 1330. The number of anilines is 2. The Labute approximate surface area is 197 Å². The Kier molecular flexibility index (Phi) is 5.91. The van der Waals surface area contributed by atoms with E-state index in [1.54, 1.807) is 24.6 Å². The van der Waals surface area contributed by atoms with Crippen molar-refractivity contribution >= 4 is 28.6 Å². The highest BCUT2D eigenvalue weighted by atomic mass is 16.3. The Morgan fingerprint density at radius 3 is 2.71 bits per heavy atom. The molecule has 0 bridgehead atoms. The van der Waals surface area contributed by atoms with Gasteiger partial charge in [0.2, 0.25) is 5.95 Å². The number of hydrogen-bond donors (Lipinski definition) is 2. The molecule has 0 saturated heterocycles. The van der Waals surface area contributed by atoms with Crippen LogP contribution in [0, 0.1) is 6.92 Å². The summed E-state index contributed by atoms with van der Waals surface area (Å²) in [5, 5.41) is 13.8. The number of hydrogen-bond acceptors (Lipinski definition) is 8. The van der Waals surface area contributed by atoms with Crippen LogP contribution < -0.4 is 10.9 Å². The van der Waals surface area contributed by atoms with Crippen LogP contribution in [-0.4, -0.2) is 48.1 Å². The SMILES string of the molecule is CC(=O)c1c(C)c2cnc(Nc3ccc4c(n3)CCN(C(C)O)C4)nc2n(C2CCCC2)c1=O. The molecule has 1 fully saturated rings. The summed E-state index contributed by atoms with van der Waals surface area (Å²) >= 11 is 0. The molecule has 34 heavy (non-hydrogen) atoms. The lowest BCUT2D eigenvalue weighted by Gasteiger charge is -2.30. The number of nitrogens with one attached hydrogen (secondary N) is 1. The maximum atomic E-state index is 13.4. The molecule has 1 saturated carbocycles. The van der Waals surface area contributed by atoms with E-state index in [9.17, 15) is 14.7 Å². The molecule has 0 radical (unpaired) electrons. The molecule has 0 aromatic carbocycles. The lowest BCUT2D eigenvalue weighted by atomic mass is 10.0. The third-order valence-electron chi connectivity index (χ3n) is 7.10. The van der Waals surface area contributed by atoms with Gasteiger partial charge in [0, 0.05) is 42.8 Å². The van der Waals surface area contributed by atoms with Gasteiger partial charge in [0.05, 0.1) is 5.56 Å². The summed E-state index contributed by atoms with van der Waals surface area (Å²) in [6.45, 7) is 6.42. The van der Waals surface area contributed by atoms with Crippen molar-refractivity contribution in [3.63, 3.8) is 0 Å². The van der Waals surface area contributed by atoms with Gasteiger partial charge < -0.3 is 10.4 Å². The van der Waals surface area contributed by atoms with E-state index in [4.69, 9.17) is 9.97 Å². The number of fused-ring (bicyclic) bond motifs is 2. The highest BCUT2D eigenvalue weighted by Crippen LogP contribution is 2.32. The summed E-state index contributed by atoms with van der Waals surface area (Å²) in [5.74, 6) is 0.767. The highest BCUT2D eigenvalue weighted by Gasteiger charge is 2.26. The van der Waals surface area contributed by atoms with E-state index < -0.39 is 6.23 Å². The summed E-state index contributed by atoms with van der Waals surface area (Å²) in [6.07, 6.45) is 5.88. The average Bonchev–Trinajstić information content (AvgIpc) is 3.33. The number of aliphatic hydroxyl groups is 1. The molecule has 9 heteroatoms. The fourth-order valence-corrected chi connectivity index (χ4v) is 5.25. The first kappa shape index (κ1) is 22.6. The number of ketones is 1. The van der Waals surface area contributed by atoms with Crippen LogP contribution in [0.1, 0.15) is 72.8 Å². The molecule has 3 aromatic rings. The van der Waals surface area contributed by atoms with Gasteiger partial charge in [-0.3, -0.25) is 19.1 Å². The van der Waals surface area contributed by atoms with E-state index in [1.807, 2.05) is 17.0 Å². The molecule has 2 aliphatic rings. The molecule has 1 unspecified atom stereocenters. The first-order chi connectivity index (χ1) is 16.3. The second-order valence-corrected chi connectivity index (χ2v) is 9.38. The Morgan fingerprint density at radius 1 is 1.24 bits per heavy atom. The van der Waals surface area contributed by atoms with Gasteiger partial charge in [0.15, 0.2) is 5.78 Å². The number of carbonyl (C=O) groups is 1. The fraction of sp³-hybridized carbons (Fsp3) is 0.480. The molecule has 0 amide bonds. The number of nitrogens with zero attached hydrogens (tertiary/aromatic N) is 5. The van der Waals surface area contributed by atoms with Crippen molar-refractivity contribution in [2.24, 2.45) is 0 Å². The minimum atomic E-state index is -0.485. The zero-order valence-corrected chi connectivity index (χ0v) is 19.8. The fourth-order valence-electron chi connectivity index (χ4n) is 5.25. The maximum absolute atomic E-state index is 13.4. The molecule has 1 aliphatic heterocycles. The van der Waals surface area contributed by atoms with Gasteiger partial charge in [-0.1, -0.05) is 18.9 Å². The zero-order valence-electron chi connectivity index (χ0n) is 19.8. The molecular formula is C25H30N6O3. The molecule has 1 aliphatic carbocycles. The van der Waals surface area contributed by atoms with Crippen LogP contribution in [-0.2, 0) is 13.0 Å². The molecule has 0 spiro atoms. The predicted molar refractivity (Wildman–Crippen MR) is 129 cm³/mol. The third-order valence-corrected chi connectivity index (χ3v) is 7.10. The van der Waals surface area contributed by atoms with Crippen molar-refractivity contribution in [1.82, 2.24) is 24.4 Å². The van der Waals surface area contributed by atoms with Crippen molar-refractivity contribution in [1.29, 1.82) is 0 Å². The molecule has 3 aromatic heterocycles. The van der Waals surface area contributed by atoms with Crippen molar-refractivity contribution in [2.45, 2.75) is 71.7 Å². The number of aromatic nitrogens is 4. The van der Waals surface area contributed by atoms with E-state index in [1.165, 1.54) is 6.92 Å². The van der Waals surface area contributed by atoms with Crippen molar-refractivity contribution < 1.29 is 9.90 Å². The summed E-state index contributed by atoms with van der Waals surface area (Å²) in [5.41, 5.74) is 3.24. The minimum Gasteiger partial charge on any atom is -0.379 e. The predicted octanol–water partition coefficient (Wildman–Crippen LogP) is 3.25. The average molecular weight is 463 g/mol. The quantitative estimate of drug-likeness (QED) is 0.556. The molecule has 4 heterocycles. The van der Waals surface area contributed by atoms with E-state index in [0.717, 1.165) is 55.3 Å². The van der Waals surface area contributed by atoms with E-state index in [0.29, 0.717) is 29.5 Å². The van der Waals surface area contributed by atoms with Gasteiger partial charge in [-0.05, 0) is 50.8 Å². The van der Waals surface area contributed by atoms with E-state index in [-0.39, 0.29) is 22.9 Å².